The van der Waals surface area contributed by atoms with Gasteiger partial charge in [0, 0.05) is 11.8 Å². The van der Waals surface area contributed by atoms with Crippen LogP contribution in [-0.4, -0.2) is 25.8 Å². The fourth-order valence-corrected chi connectivity index (χ4v) is 4.57. The lowest BCUT2D eigenvalue weighted by Gasteiger charge is -2.27. The van der Waals surface area contributed by atoms with Crippen molar-refractivity contribution in [1.29, 1.82) is 0 Å². The van der Waals surface area contributed by atoms with Crippen molar-refractivity contribution in [3.63, 3.8) is 0 Å². The van der Waals surface area contributed by atoms with E-state index in [2.05, 4.69) is 15.3 Å². The van der Waals surface area contributed by atoms with Gasteiger partial charge in [-0.3, -0.25) is 4.79 Å². The average Bonchev–Trinajstić information content (AvgIpc) is 2.58. The van der Waals surface area contributed by atoms with Crippen LogP contribution in [-0.2, 0) is 4.79 Å². The Kier molecular flexibility index (Phi) is 7.50. The highest BCUT2D eigenvalue weighted by Gasteiger charge is 2.39. The first kappa shape index (κ1) is 21.5. The highest BCUT2D eigenvalue weighted by Crippen LogP contribution is 2.40. The van der Waals surface area contributed by atoms with E-state index in [1.807, 2.05) is 45.9 Å². The van der Waals surface area contributed by atoms with E-state index in [0.717, 1.165) is 24.1 Å². The average molecular weight is 408 g/mol. The molecule has 0 atom stereocenters. The maximum atomic E-state index is 12.0. The number of carboxylic acids is 1. The Morgan fingerprint density at radius 3 is 2.48 bits per heavy atom. The topological polar surface area (TPSA) is 75.1 Å². The summed E-state index contributed by atoms with van der Waals surface area (Å²) in [5.74, 6) is -0.276. The van der Waals surface area contributed by atoms with E-state index < -0.39 is 10.7 Å². The van der Waals surface area contributed by atoms with E-state index in [4.69, 9.17) is 11.6 Å². The number of thioether (sulfide) groups is 1. The molecule has 0 saturated carbocycles. The highest BCUT2D eigenvalue weighted by molar-refractivity contribution is 8.01. The molecule has 5 nitrogen and oxygen atoms in total. The fourth-order valence-electron chi connectivity index (χ4n) is 3.00. The van der Waals surface area contributed by atoms with Crippen molar-refractivity contribution < 1.29 is 9.90 Å². The van der Waals surface area contributed by atoms with Gasteiger partial charge in [0.2, 0.25) is 0 Å². The summed E-state index contributed by atoms with van der Waals surface area (Å²) in [5.41, 5.74) is 3.23. The summed E-state index contributed by atoms with van der Waals surface area (Å²) in [7, 11) is 0. The second-order valence-corrected chi connectivity index (χ2v) is 8.37. The molecule has 7 heteroatoms. The maximum absolute atomic E-state index is 12.0. The standard InChI is InChI=1S/C20H26ClN3O2S/c1-5-10-20(11-6-2,18(25)26)27-19-23-16(21)12-17(24-19)22-15-9-7-8-13(3)14(15)4/h7-9,12H,5-6,10-11H2,1-4H3,(H,25,26)(H,22,23,24). The molecule has 0 bridgehead atoms. The minimum atomic E-state index is -0.940. The van der Waals surface area contributed by atoms with Crippen molar-refractivity contribution in [3.05, 3.63) is 40.5 Å². The lowest BCUT2D eigenvalue weighted by atomic mass is 9.97. The van der Waals surface area contributed by atoms with Crippen LogP contribution in [0.25, 0.3) is 0 Å². The smallest absolute Gasteiger partial charge is 0.320 e. The molecule has 2 N–H and O–H groups in total. The van der Waals surface area contributed by atoms with E-state index >= 15 is 0 Å². The van der Waals surface area contributed by atoms with Crippen LogP contribution in [0.1, 0.15) is 50.7 Å². The molecule has 0 aliphatic heterocycles. The third-order valence-electron chi connectivity index (χ3n) is 4.53. The Balaban J connectivity index is 2.35. The predicted molar refractivity (Wildman–Crippen MR) is 112 cm³/mol. The van der Waals surface area contributed by atoms with Crippen molar-refractivity contribution >= 4 is 40.8 Å². The summed E-state index contributed by atoms with van der Waals surface area (Å²) >= 11 is 7.39. The molecule has 146 valence electrons. The number of benzene rings is 1. The van der Waals surface area contributed by atoms with E-state index in [1.54, 1.807) is 6.07 Å². The first-order valence-corrected chi connectivity index (χ1v) is 10.3. The van der Waals surface area contributed by atoms with Gasteiger partial charge in [-0.2, -0.15) is 0 Å². The Labute approximate surface area is 170 Å². The second-order valence-electron chi connectivity index (χ2n) is 6.63. The van der Waals surface area contributed by atoms with Crippen molar-refractivity contribution in [2.45, 2.75) is 63.3 Å². The minimum Gasteiger partial charge on any atom is -0.480 e. The van der Waals surface area contributed by atoms with E-state index in [-0.39, 0.29) is 5.15 Å². The van der Waals surface area contributed by atoms with Gasteiger partial charge in [0.1, 0.15) is 15.7 Å². The van der Waals surface area contributed by atoms with Crippen LogP contribution in [0.3, 0.4) is 0 Å². The summed E-state index contributed by atoms with van der Waals surface area (Å²) in [6, 6.07) is 7.64. The van der Waals surface area contributed by atoms with E-state index in [9.17, 15) is 9.90 Å². The fraction of sp³-hybridized carbons (Fsp3) is 0.450. The lowest BCUT2D eigenvalue weighted by molar-refractivity contribution is -0.140. The Bertz CT molecular complexity index is 808. The number of halogens is 1. The molecular formula is C20H26ClN3O2S. The highest BCUT2D eigenvalue weighted by atomic mass is 35.5. The number of carbonyl (C=O) groups is 1. The van der Waals surface area contributed by atoms with E-state index in [1.165, 1.54) is 17.3 Å². The van der Waals surface area contributed by atoms with Crippen molar-refractivity contribution in [2.75, 3.05) is 5.32 Å². The van der Waals surface area contributed by atoms with Gasteiger partial charge < -0.3 is 10.4 Å². The van der Waals surface area contributed by atoms with Crippen LogP contribution in [0.15, 0.2) is 29.4 Å². The molecule has 2 rings (SSSR count). The molecule has 27 heavy (non-hydrogen) atoms. The van der Waals surface area contributed by atoms with Crippen molar-refractivity contribution in [1.82, 2.24) is 9.97 Å². The minimum absolute atomic E-state index is 0.285. The van der Waals surface area contributed by atoms with Crippen LogP contribution in [0, 0.1) is 13.8 Å². The Morgan fingerprint density at radius 1 is 1.22 bits per heavy atom. The van der Waals surface area contributed by atoms with Crippen LogP contribution in [0.4, 0.5) is 11.5 Å². The normalized spacial score (nSPS) is 11.4. The van der Waals surface area contributed by atoms with E-state index in [0.29, 0.717) is 23.8 Å². The number of aryl methyl sites for hydroxylation is 1. The number of rotatable bonds is 9. The van der Waals surface area contributed by atoms with Crippen LogP contribution < -0.4 is 5.32 Å². The number of hydrogen-bond acceptors (Lipinski definition) is 5. The Morgan fingerprint density at radius 2 is 1.89 bits per heavy atom. The second kappa shape index (κ2) is 9.42. The molecule has 0 radical (unpaired) electrons. The largest absolute Gasteiger partial charge is 0.480 e. The van der Waals surface area contributed by atoms with Crippen LogP contribution >= 0.6 is 23.4 Å². The Hall–Kier alpha value is -1.79. The van der Waals surface area contributed by atoms with Gasteiger partial charge in [-0.1, -0.05) is 62.2 Å². The van der Waals surface area contributed by atoms with Gasteiger partial charge in [0.15, 0.2) is 5.16 Å². The molecule has 0 aliphatic carbocycles. The van der Waals surface area contributed by atoms with Crippen molar-refractivity contribution in [2.24, 2.45) is 0 Å². The quantitative estimate of drug-likeness (QED) is 0.301. The zero-order chi connectivity index (χ0) is 20.0. The molecule has 0 spiro atoms. The third kappa shape index (κ3) is 5.36. The summed E-state index contributed by atoms with van der Waals surface area (Å²) in [4.78, 5) is 20.8. The molecule has 0 unspecified atom stereocenters. The molecule has 0 fully saturated rings. The monoisotopic (exact) mass is 407 g/mol. The molecule has 2 aromatic rings. The molecule has 1 aromatic heterocycles. The first-order chi connectivity index (χ1) is 12.8. The van der Waals surface area contributed by atoms with Gasteiger partial charge in [-0.25, -0.2) is 9.97 Å². The molecule has 1 heterocycles. The summed E-state index contributed by atoms with van der Waals surface area (Å²) in [5, 5.41) is 13.8. The van der Waals surface area contributed by atoms with Crippen LogP contribution in [0.2, 0.25) is 5.15 Å². The predicted octanol–water partition coefficient (Wildman–Crippen LogP) is 6.01. The number of nitrogens with zero attached hydrogens (tertiary/aromatic N) is 2. The SMILES string of the molecule is CCCC(CCC)(Sc1nc(Cl)cc(Nc2cccc(C)c2C)n1)C(=O)O. The molecular weight excluding hydrogens is 382 g/mol. The van der Waals surface area contributed by atoms with Gasteiger partial charge in [-0.15, -0.1) is 0 Å². The summed E-state index contributed by atoms with van der Waals surface area (Å²) in [6.07, 6.45) is 2.65. The zero-order valence-corrected chi connectivity index (χ0v) is 17.7. The summed E-state index contributed by atoms with van der Waals surface area (Å²) < 4.78 is -0.940. The lowest BCUT2D eigenvalue weighted by Crippen LogP contribution is -2.35. The van der Waals surface area contributed by atoms with Gasteiger partial charge in [0.25, 0.3) is 0 Å². The molecule has 0 amide bonds. The molecule has 0 aliphatic rings. The molecule has 1 aromatic carbocycles. The summed E-state index contributed by atoms with van der Waals surface area (Å²) in [6.45, 7) is 8.06. The van der Waals surface area contributed by atoms with Gasteiger partial charge in [0.05, 0.1) is 0 Å². The third-order valence-corrected chi connectivity index (χ3v) is 6.06. The number of aliphatic carboxylic acids is 1. The van der Waals surface area contributed by atoms with Gasteiger partial charge in [-0.05, 0) is 43.9 Å². The maximum Gasteiger partial charge on any atom is 0.320 e. The zero-order valence-electron chi connectivity index (χ0n) is 16.2. The van der Waals surface area contributed by atoms with Gasteiger partial charge >= 0.3 is 5.97 Å². The number of carboxylic acid groups (broad SMARTS) is 1. The van der Waals surface area contributed by atoms with Crippen LogP contribution in [0.5, 0.6) is 0 Å². The number of nitrogens with one attached hydrogen (secondary N) is 1. The first-order valence-electron chi connectivity index (χ1n) is 9.11. The number of aromatic nitrogens is 2. The molecule has 0 saturated heterocycles. The number of hydrogen-bond donors (Lipinski definition) is 2. The number of anilines is 2. The van der Waals surface area contributed by atoms with Crippen molar-refractivity contribution in [3.8, 4) is 0 Å².